The van der Waals surface area contributed by atoms with Gasteiger partial charge < -0.3 is 4.74 Å². The fourth-order valence-corrected chi connectivity index (χ4v) is 6.23. The van der Waals surface area contributed by atoms with Crippen molar-refractivity contribution in [3.05, 3.63) is 47.6 Å². The van der Waals surface area contributed by atoms with Crippen LogP contribution < -0.4 is 0 Å². The molecular weight excluding hydrogens is 364 g/mol. The van der Waals surface area contributed by atoms with Crippen molar-refractivity contribution in [3.8, 4) is 0 Å². The number of hydrogen-bond donors (Lipinski definition) is 0. The van der Waals surface area contributed by atoms with E-state index in [-0.39, 0.29) is 0 Å². The highest BCUT2D eigenvalue weighted by molar-refractivity contribution is 5.35. The molecule has 1 nitrogen and oxygen atoms in total. The first kappa shape index (κ1) is 23.6. The lowest BCUT2D eigenvalue weighted by Crippen LogP contribution is -2.35. The molecule has 0 radical (unpaired) electrons. The summed E-state index contributed by atoms with van der Waals surface area (Å²) in [6.07, 6.45) is 20.2. The van der Waals surface area contributed by atoms with Crippen LogP contribution >= 0.6 is 0 Å². The molecule has 1 heteroatoms. The zero-order valence-electron chi connectivity index (χ0n) is 20.5. The molecule has 30 heavy (non-hydrogen) atoms. The lowest BCUT2D eigenvalue weighted by atomic mass is 9.61. The van der Waals surface area contributed by atoms with Gasteiger partial charge in [-0.25, -0.2) is 0 Å². The summed E-state index contributed by atoms with van der Waals surface area (Å²) >= 11 is 0. The fraction of sp³-hybridized carbons (Fsp3) is 0.724. The van der Waals surface area contributed by atoms with E-state index in [1.165, 1.54) is 43.3 Å². The van der Waals surface area contributed by atoms with E-state index in [2.05, 4.69) is 65.5 Å². The Kier molecular flexibility index (Phi) is 7.88. The third-order valence-corrected chi connectivity index (χ3v) is 9.03. The second kappa shape index (κ2) is 10.0. The lowest BCUT2D eigenvalue weighted by molar-refractivity contribution is 0.0909. The molecule has 0 aromatic carbocycles. The van der Waals surface area contributed by atoms with E-state index in [1.807, 2.05) is 7.11 Å². The summed E-state index contributed by atoms with van der Waals surface area (Å²) in [6, 6.07) is 0. The van der Waals surface area contributed by atoms with E-state index in [0.29, 0.717) is 23.4 Å². The molecule has 6 unspecified atom stereocenters. The van der Waals surface area contributed by atoms with E-state index in [0.717, 1.165) is 37.0 Å². The van der Waals surface area contributed by atoms with Crippen molar-refractivity contribution in [1.82, 2.24) is 0 Å². The van der Waals surface area contributed by atoms with Crippen molar-refractivity contribution in [3.63, 3.8) is 0 Å². The fourth-order valence-electron chi connectivity index (χ4n) is 6.23. The summed E-state index contributed by atoms with van der Waals surface area (Å²) < 4.78 is 5.61. The standard InChI is InChI=1S/C29H46O/c1-20(2)21(3)8-9-23(5)28-15-13-26-18-24(16-17-29(26,28)6)11-12-25-19-27(30-7)14-10-22(25)4/h8-9,11-12,20-21,23,26-28H,4,10,13-19H2,1-3,5-7H3/b9-8+,24-11+,25-12+. The zero-order valence-corrected chi connectivity index (χ0v) is 20.5. The smallest absolute Gasteiger partial charge is 0.0614 e. The van der Waals surface area contributed by atoms with Crippen molar-refractivity contribution in [2.24, 2.45) is 35.0 Å². The van der Waals surface area contributed by atoms with Gasteiger partial charge in [-0.05, 0) is 91.9 Å². The predicted molar refractivity (Wildman–Crippen MR) is 130 cm³/mol. The molecule has 3 rings (SSSR count). The number of allylic oxidation sites excluding steroid dienone is 6. The highest BCUT2D eigenvalue weighted by Gasteiger charge is 2.49. The molecular formula is C29H46O. The minimum atomic E-state index is 0.373. The topological polar surface area (TPSA) is 9.23 Å². The summed E-state index contributed by atoms with van der Waals surface area (Å²) in [7, 11) is 1.84. The van der Waals surface area contributed by atoms with Crippen LogP contribution in [0.2, 0.25) is 0 Å². The van der Waals surface area contributed by atoms with Crippen molar-refractivity contribution in [2.45, 2.75) is 92.1 Å². The van der Waals surface area contributed by atoms with Gasteiger partial charge in [0, 0.05) is 7.11 Å². The van der Waals surface area contributed by atoms with E-state index < -0.39 is 0 Å². The SMILES string of the molecule is C=C1CCC(OC)C/C1=C\C=C1/CCC2(C)C(CCC2C(C)/C=C/C(C)C(C)C)C1. The van der Waals surface area contributed by atoms with Crippen molar-refractivity contribution in [1.29, 1.82) is 0 Å². The van der Waals surface area contributed by atoms with Gasteiger partial charge in [-0.2, -0.15) is 0 Å². The van der Waals surface area contributed by atoms with Gasteiger partial charge in [-0.15, -0.1) is 0 Å². The maximum atomic E-state index is 5.61. The van der Waals surface area contributed by atoms with Gasteiger partial charge in [0.1, 0.15) is 0 Å². The van der Waals surface area contributed by atoms with E-state index >= 15 is 0 Å². The molecule has 0 aromatic heterocycles. The van der Waals surface area contributed by atoms with Crippen molar-refractivity contribution >= 4 is 0 Å². The molecule has 0 bridgehead atoms. The highest BCUT2D eigenvalue weighted by Crippen LogP contribution is 2.58. The van der Waals surface area contributed by atoms with Crippen LogP contribution in [0.5, 0.6) is 0 Å². The van der Waals surface area contributed by atoms with E-state index in [9.17, 15) is 0 Å². The molecule has 0 amide bonds. The Balaban J connectivity index is 1.64. The molecule has 0 aliphatic heterocycles. The Hall–Kier alpha value is -1.08. The summed E-state index contributed by atoms with van der Waals surface area (Å²) in [5.74, 6) is 3.82. The van der Waals surface area contributed by atoms with Crippen LogP contribution in [0.4, 0.5) is 0 Å². The van der Waals surface area contributed by atoms with Crippen LogP contribution in [0.25, 0.3) is 0 Å². The van der Waals surface area contributed by atoms with Crippen LogP contribution in [-0.4, -0.2) is 13.2 Å². The van der Waals surface area contributed by atoms with Gasteiger partial charge in [-0.1, -0.05) is 76.6 Å². The lowest BCUT2D eigenvalue weighted by Gasteiger charge is -2.43. The minimum absolute atomic E-state index is 0.373. The third kappa shape index (κ3) is 5.21. The Labute approximate surface area is 186 Å². The summed E-state index contributed by atoms with van der Waals surface area (Å²) in [5.41, 5.74) is 4.91. The van der Waals surface area contributed by atoms with Crippen LogP contribution in [-0.2, 0) is 4.74 Å². The summed E-state index contributed by atoms with van der Waals surface area (Å²) in [4.78, 5) is 0. The van der Waals surface area contributed by atoms with Crippen LogP contribution in [0.15, 0.2) is 47.6 Å². The van der Waals surface area contributed by atoms with Crippen molar-refractivity contribution < 1.29 is 4.74 Å². The second-order valence-corrected chi connectivity index (χ2v) is 11.2. The molecule has 168 valence electrons. The summed E-state index contributed by atoms with van der Waals surface area (Å²) in [6.45, 7) is 16.4. The predicted octanol–water partition coefficient (Wildman–Crippen LogP) is 8.30. The molecule has 0 spiro atoms. The molecule has 0 aromatic rings. The molecule has 3 fully saturated rings. The Morgan fingerprint density at radius 3 is 2.47 bits per heavy atom. The average molecular weight is 411 g/mol. The molecule has 0 N–H and O–H groups in total. The van der Waals surface area contributed by atoms with Gasteiger partial charge in [0.25, 0.3) is 0 Å². The number of fused-ring (bicyclic) bond motifs is 1. The van der Waals surface area contributed by atoms with E-state index in [1.54, 1.807) is 5.57 Å². The Morgan fingerprint density at radius 1 is 1.00 bits per heavy atom. The molecule has 3 aliphatic carbocycles. The monoisotopic (exact) mass is 410 g/mol. The van der Waals surface area contributed by atoms with Gasteiger partial charge in [0.05, 0.1) is 6.10 Å². The highest BCUT2D eigenvalue weighted by atomic mass is 16.5. The second-order valence-electron chi connectivity index (χ2n) is 11.2. The maximum absolute atomic E-state index is 5.61. The van der Waals surface area contributed by atoms with Gasteiger partial charge in [0.2, 0.25) is 0 Å². The number of ether oxygens (including phenoxy) is 1. The third-order valence-electron chi connectivity index (χ3n) is 9.03. The van der Waals surface area contributed by atoms with Gasteiger partial charge >= 0.3 is 0 Å². The first-order valence-electron chi connectivity index (χ1n) is 12.5. The largest absolute Gasteiger partial charge is 0.381 e. The van der Waals surface area contributed by atoms with Crippen LogP contribution in [0, 0.1) is 35.0 Å². The molecule has 0 heterocycles. The van der Waals surface area contributed by atoms with Gasteiger partial charge in [-0.3, -0.25) is 0 Å². The first-order chi connectivity index (χ1) is 14.2. The number of rotatable bonds is 6. The summed E-state index contributed by atoms with van der Waals surface area (Å²) in [5, 5.41) is 0. The quantitative estimate of drug-likeness (QED) is 0.400. The Bertz CT molecular complexity index is 693. The molecule has 3 saturated carbocycles. The van der Waals surface area contributed by atoms with Crippen LogP contribution in [0.1, 0.15) is 86.0 Å². The average Bonchev–Trinajstić information content (AvgIpc) is 3.07. The number of hydrogen-bond acceptors (Lipinski definition) is 1. The minimum Gasteiger partial charge on any atom is -0.381 e. The van der Waals surface area contributed by atoms with Crippen LogP contribution in [0.3, 0.4) is 0 Å². The molecule has 6 atom stereocenters. The van der Waals surface area contributed by atoms with Crippen molar-refractivity contribution in [2.75, 3.05) is 7.11 Å². The van der Waals surface area contributed by atoms with Gasteiger partial charge in [0.15, 0.2) is 0 Å². The first-order valence-corrected chi connectivity index (χ1v) is 12.5. The molecule has 0 saturated heterocycles. The molecule has 3 aliphatic rings. The Morgan fingerprint density at radius 2 is 1.77 bits per heavy atom. The normalized spacial score (nSPS) is 37.3. The zero-order chi connectivity index (χ0) is 21.9. The maximum Gasteiger partial charge on any atom is 0.0614 e. The van der Waals surface area contributed by atoms with E-state index in [4.69, 9.17) is 4.74 Å². The number of methoxy groups -OCH3 is 1.